The van der Waals surface area contributed by atoms with Gasteiger partial charge < -0.3 is 9.64 Å². The van der Waals surface area contributed by atoms with Crippen LogP contribution in [-0.2, 0) is 4.74 Å². The van der Waals surface area contributed by atoms with Gasteiger partial charge in [0.05, 0.1) is 18.1 Å². The quantitative estimate of drug-likeness (QED) is 0.754. The number of ketones is 1. The summed E-state index contributed by atoms with van der Waals surface area (Å²) in [7, 11) is 0. The lowest BCUT2D eigenvalue weighted by Gasteiger charge is -2.32. The molecule has 0 spiro atoms. The van der Waals surface area contributed by atoms with Gasteiger partial charge in [-0.3, -0.25) is 9.69 Å². The number of likely N-dealkylation sites (tertiary alicyclic amines) is 1. The number of carbonyl (C=O) groups is 1. The Morgan fingerprint density at radius 2 is 2.19 bits per heavy atom. The molecule has 116 valence electrons. The van der Waals surface area contributed by atoms with E-state index in [2.05, 4.69) is 9.80 Å². The van der Waals surface area contributed by atoms with E-state index in [0.717, 1.165) is 50.7 Å². The van der Waals surface area contributed by atoms with E-state index in [1.807, 2.05) is 17.5 Å². The van der Waals surface area contributed by atoms with E-state index >= 15 is 0 Å². The third-order valence-corrected chi connectivity index (χ3v) is 5.39. The van der Waals surface area contributed by atoms with Gasteiger partial charge in [-0.15, -0.1) is 11.3 Å². The van der Waals surface area contributed by atoms with Gasteiger partial charge in [0.2, 0.25) is 0 Å². The van der Waals surface area contributed by atoms with E-state index in [0.29, 0.717) is 18.2 Å². The molecule has 3 rings (SSSR count). The SMILES string of the molecule is O=C(CCCN1CCC(N2CCOCC2)C1)c1cccs1. The van der Waals surface area contributed by atoms with Crippen molar-refractivity contribution in [1.29, 1.82) is 0 Å². The van der Waals surface area contributed by atoms with Crippen molar-refractivity contribution in [3.63, 3.8) is 0 Å². The van der Waals surface area contributed by atoms with Crippen LogP contribution < -0.4 is 0 Å². The van der Waals surface area contributed by atoms with E-state index in [4.69, 9.17) is 4.74 Å². The molecule has 0 aromatic carbocycles. The Hall–Kier alpha value is -0.750. The molecule has 2 fully saturated rings. The number of hydrogen-bond donors (Lipinski definition) is 0. The van der Waals surface area contributed by atoms with E-state index < -0.39 is 0 Å². The topological polar surface area (TPSA) is 32.8 Å². The number of thiophene rings is 1. The Morgan fingerprint density at radius 3 is 2.95 bits per heavy atom. The maximum Gasteiger partial charge on any atom is 0.172 e. The smallest absolute Gasteiger partial charge is 0.172 e. The van der Waals surface area contributed by atoms with Gasteiger partial charge >= 0.3 is 0 Å². The van der Waals surface area contributed by atoms with E-state index in [1.54, 1.807) is 11.3 Å². The number of morpholine rings is 1. The molecule has 5 heteroatoms. The van der Waals surface area contributed by atoms with Crippen molar-refractivity contribution in [2.24, 2.45) is 0 Å². The maximum absolute atomic E-state index is 12.0. The molecule has 1 atom stereocenters. The average molecular weight is 308 g/mol. The highest BCUT2D eigenvalue weighted by Crippen LogP contribution is 2.18. The predicted molar refractivity (Wildman–Crippen MR) is 85.1 cm³/mol. The third-order valence-electron chi connectivity index (χ3n) is 4.48. The Bertz CT molecular complexity index is 443. The molecule has 0 saturated carbocycles. The summed E-state index contributed by atoms with van der Waals surface area (Å²) in [5.74, 6) is 0.300. The minimum atomic E-state index is 0.300. The van der Waals surface area contributed by atoms with Crippen LogP contribution in [0.3, 0.4) is 0 Å². The molecule has 2 aliphatic heterocycles. The van der Waals surface area contributed by atoms with Crippen LogP contribution in [0.15, 0.2) is 17.5 Å². The third kappa shape index (κ3) is 4.13. The van der Waals surface area contributed by atoms with E-state index in [-0.39, 0.29) is 0 Å². The van der Waals surface area contributed by atoms with Crippen LogP contribution in [-0.4, -0.2) is 67.6 Å². The summed E-state index contributed by atoms with van der Waals surface area (Å²) in [4.78, 5) is 18.0. The second-order valence-corrected chi connectivity index (χ2v) is 6.84. The number of carbonyl (C=O) groups excluding carboxylic acids is 1. The maximum atomic E-state index is 12.0. The first kappa shape index (κ1) is 15.2. The number of hydrogen-bond acceptors (Lipinski definition) is 5. The van der Waals surface area contributed by atoms with Gasteiger partial charge in [-0.05, 0) is 37.4 Å². The zero-order valence-electron chi connectivity index (χ0n) is 12.5. The second kappa shape index (κ2) is 7.49. The highest BCUT2D eigenvalue weighted by Gasteiger charge is 2.28. The Balaban J connectivity index is 1.36. The molecule has 1 aromatic rings. The minimum absolute atomic E-state index is 0.300. The predicted octanol–water partition coefficient (Wildman–Crippen LogP) is 2.12. The van der Waals surface area contributed by atoms with Crippen LogP contribution in [0.4, 0.5) is 0 Å². The zero-order valence-corrected chi connectivity index (χ0v) is 13.3. The standard InChI is InChI=1S/C16H24N2O2S/c19-15(16-4-2-12-21-16)3-1-6-17-7-5-14(13-17)18-8-10-20-11-9-18/h2,4,12,14H,1,3,5-11,13H2. The molecule has 2 aliphatic rings. The van der Waals surface area contributed by atoms with E-state index in [9.17, 15) is 4.79 Å². The molecule has 1 unspecified atom stereocenters. The number of ether oxygens (including phenoxy) is 1. The molecule has 1 aromatic heterocycles. The first-order chi connectivity index (χ1) is 10.3. The monoisotopic (exact) mass is 308 g/mol. The fourth-order valence-corrected chi connectivity index (χ4v) is 3.97. The Labute approximate surface area is 130 Å². The molecule has 0 bridgehead atoms. The van der Waals surface area contributed by atoms with Crippen LogP contribution in [0.2, 0.25) is 0 Å². The van der Waals surface area contributed by atoms with Crippen molar-refractivity contribution >= 4 is 17.1 Å². The van der Waals surface area contributed by atoms with Crippen LogP contribution in [0.25, 0.3) is 0 Å². The first-order valence-corrected chi connectivity index (χ1v) is 8.82. The number of Topliss-reactive ketones (excluding diaryl/α,β-unsaturated/α-hetero) is 1. The molecule has 21 heavy (non-hydrogen) atoms. The molecular formula is C16H24N2O2S. The van der Waals surface area contributed by atoms with Crippen molar-refractivity contribution < 1.29 is 9.53 Å². The molecule has 0 amide bonds. The summed E-state index contributed by atoms with van der Waals surface area (Å²) in [6, 6.07) is 4.57. The van der Waals surface area contributed by atoms with Crippen LogP contribution >= 0.6 is 11.3 Å². The summed E-state index contributed by atoms with van der Waals surface area (Å²) in [5.41, 5.74) is 0. The summed E-state index contributed by atoms with van der Waals surface area (Å²) < 4.78 is 5.42. The van der Waals surface area contributed by atoms with Gasteiger partial charge in [0.15, 0.2) is 5.78 Å². The summed E-state index contributed by atoms with van der Waals surface area (Å²) in [6.45, 7) is 7.31. The first-order valence-electron chi connectivity index (χ1n) is 7.94. The normalized spacial score (nSPS) is 24.5. The lowest BCUT2D eigenvalue weighted by atomic mass is 10.2. The average Bonchev–Trinajstić information content (AvgIpc) is 3.20. The van der Waals surface area contributed by atoms with Gasteiger partial charge in [-0.2, -0.15) is 0 Å². The Morgan fingerprint density at radius 1 is 1.33 bits per heavy atom. The van der Waals surface area contributed by atoms with Gasteiger partial charge in [-0.1, -0.05) is 6.07 Å². The fourth-order valence-electron chi connectivity index (χ4n) is 3.28. The van der Waals surface area contributed by atoms with Crippen molar-refractivity contribution in [2.45, 2.75) is 25.3 Å². The largest absolute Gasteiger partial charge is 0.379 e. The minimum Gasteiger partial charge on any atom is -0.379 e. The van der Waals surface area contributed by atoms with Crippen molar-refractivity contribution in [3.8, 4) is 0 Å². The molecule has 3 heterocycles. The highest BCUT2D eigenvalue weighted by molar-refractivity contribution is 7.12. The second-order valence-electron chi connectivity index (χ2n) is 5.90. The van der Waals surface area contributed by atoms with Gasteiger partial charge in [-0.25, -0.2) is 0 Å². The summed E-state index contributed by atoms with van der Waals surface area (Å²) >= 11 is 1.55. The van der Waals surface area contributed by atoms with E-state index in [1.165, 1.54) is 13.0 Å². The molecular weight excluding hydrogens is 284 g/mol. The van der Waals surface area contributed by atoms with Crippen molar-refractivity contribution in [1.82, 2.24) is 9.80 Å². The van der Waals surface area contributed by atoms with Gasteiger partial charge in [0.1, 0.15) is 0 Å². The molecule has 0 aliphatic carbocycles. The molecule has 4 nitrogen and oxygen atoms in total. The van der Waals surface area contributed by atoms with Gasteiger partial charge in [0.25, 0.3) is 0 Å². The molecule has 0 N–H and O–H groups in total. The van der Waals surface area contributed by atoms with Crippen LogP contribution in [0.5, 0.6) is 0 Å². The molecule has 0 radical (unpaired) electrons. The van der Waals surface area contributed by atoms with Crippen molar-refractivity contribution in [2.75, 3.05) is 45.9 Å². The summed E-state index contributed by atoms with van der Waals surface area (Å²) in [5, 5.41) is 1.97. The lowest BCUT2D eigenvalue weighted by molar-refractivity contribution is 0.0185. The summed E-state index contributed by atoms with van der Waals surface area (Å²) in [6.07, 6.45) is 2.92. The Kier molecular flexibility index (Phi) is 5.41. The van der Waals surface area contributed by atoms with Gasteiger partial charge in [0, 0.05) is 32.1 Å². The lowest BCUT2D eigenvalue weighted by Crippen LogP contribution is -2.44. The highest BCUT2D eigenvalue weighted by atomic mass is 32.1. The van der Waals surface area contributed by atoms with Crippen LogP contribution in [0, 0.1) is 0 Å². The number of nitrogens with zero attached hydrogens (tertiary/aromatic N) is 2. The number of rotatable bonds is 6. The fraction of sp³-hybridized carbons (Fsp3) is 0.688. The zero-order chi connectivity index (χ0) is 14.5. The van der Waals surface area contributed by atoms with Crippen molar-refractivity contribution in [3.05, 3.63) is 22.4 Å². The molecule has 2 saturated heterocycles. The van der Waals surface area contributed by atoms with Crippen LogP contribution in [0.1, 0.15) is 28.9 Å².